The van der Waals surface area contributed by atoms with E-state index in [1.807, 2.05) is 0 Å². The number of nitrogens with one attached hydrogen (secondary N) is 3. The van der Waals surface area contributed by atoms with Crippen LogP contribution in [-0.2, 0) is 23.0 Å². The third-order valence-corrected chi connectivity index (χ3v) is 4.02. The zero-order valence-electron chi connectivity index (χ0n) is 11.2. The van der Waals surface area contributed by atoms with Crippen molar-refractivity contribution in [3.8, 4) is 0 Å². The molecular formula is C12H18N4O3S. The lowest BCUT2D eigenvalue weighted by Gasteiger charge is -2.03. The van der Waals surface area contributed by atoms with Gasteiger partial charge in [0.05, 0.1) is 6.54 Å². The van der Waals surface area contributed by atoms with E-state index >= 15 is 0 Å². The van der Waals surface area contributed by atoms with Crippen LogP contribution in [0.15, 0.2) is 34.0 Å². The summed E-state index contributed by atoms with van der Waals surface area (Å²) < 4.78 is 31.7. The highest BCUT2D eigenvalue weighted by molar-refractivity contribution is 7.89. The molecule has 0 aliphatic carbocycles. The molecule has 2 aromatic rings. The number of H-pyrrole nitrogens is 1. The van der Waals surface area contributed by atoms with Crippen molar-refractivity contribution in [3.63, 3.8) is 0 Å². The highest BCUT2D eigenvalue weighted by Gasteiger charge is 2.17. The predicted molar refractivity (Wildman–Crippen MR) is 73.6 cm³/mol. The van der Waals surface area contributed by atoms with Crippen molar-refractivity contribution in [2.75, 3.05) is 13.6 Å². The number of aromatic amines is 1. The fourth-order valence-electron chi connectivity index (χ4n) is 1.74. The summed E-state index contributed by atoms with van der Waals surface area (Å²) in [6.07, 6.45) is 4.77. The normalized spacial score (nSPS) is 11.8. The Kier molecular flexibility index (Phi) is 4.94. The lowest BCUT2D eigenvalue weighted by molar-refractivity contribution is 0.404. The maximum Gasteiger partial charge on any atom is 0.273 e. The standard InChI is InChI=1S/C12H18N4O3S/c1-13-9-10-4-5-12(19-10)20(17,18)16-6-2-3-11-14-7-8-15-11/h4-5,7-8,13,16H,2-3,6,9H2,1H3,(H,14,15). The van der Waals surface area contributed by atoms with Crippen molar-refractivity contribution in [1.82, 2.24) is 20.0 Å². The second-order valence-electron chi connectivity index (χ2n) is 4.29. The second-order valence-corrected chi connectivity index (χ2v) is 5.99. The summed E-state index contributed by atoms with van der Waals surface area (Å²) in [6.45, 7) is 0.832. The van der Waals surface area contributed by atoms with E-state index in [1.54, 1.807) is 25.5 Å². The van der Waals surface area contributed by atoms with Gasteiger partial charge in [-0.05, 0) is 25.6 Å². The minimum atomic E-state index is -3.57. The van der Waals surface area contributed by atoms with E-state index in [1.165, 1.54) is 6.07 Å². The first-order valence-corrected chi connectivity index (χ1v) is 7.81. The van der Waals surface area contributed by atoms with Gasteiger partial charge in [0.15, 0.2) is 0 Å². The van der Waals surface area contributed by atoms with E-state index in [2.05, 4.69) is 20.0 Å². The van der Waals surface area contributed by atoms with Gasteiger partial charge >= 0.3 is 0 Å². The quantitative estimate of drug-likeness (QED) is 0.621. The molecular weight excluding hydrogens is 280 g/mol. The summed E-state index contributed by atoms with van der Waals surface area (Å²) in [5, 5.41) is 2.84. The molecule has 0 aromatic carbocycles. The Labute approximate surface area is 117 Å². The Morgan fingerprint density at radius 3 is 2.95 bits per heavy atom. The fourth-order valence-corrected chi connectivity index (χ4v) is 2.76. The Morgan fingerprint density at radius 2 is 2.25 bits per heavy atom. The molecule has 0 saturated carbocycles. The van der Waals surface area contributed by atoms with E-state index in [9.17, 15) is 8.42 Å². The number of imidazole rings is 1. The summed E-state index contributed by atoms with van der Waals surface area (Å²) in [7, 11) is -1.81. The Hall–Kier alpha value is -1.64. The summed E-state index contributed by atoms with van der Waals surface area (Å²) in [5.74, 6) is 1.43. The number of aryl methyl sites for hydroxylation is 1. The number of rotatable bonds is 8. The summed E-state index contributed by atoms with van der Waals surface area (Å²) in [5.41, 5.74) is 0. The van der Waals surface area contributed by atoms with E-state index in [0.29, 0.717) is 31.7 Å². The van der Waals surface area contributed by atoms with Crippen LogP contribution in [0.4, 0.5) is 0 Å². The predicted octanol–water partition coefficient (Wildman–Crippen LogP) is 0.633. The zero-order valence-corrected chi connectivity index (χ0v) is 12.0. The molecule has 0 spiro atoms. The summed E-state index contributed by atoms with van der Waals surface area (Å²) in [4.78, 5) is 7.04. The van der Waals surface area contributed by atoms with Gasteiger partial charge in [-0.15, -0.1) is 0 Å². The zero-order chi connectivity index (χ0) is 14.4. The van der Waals surface area contributed by atoms with Crippen molar-refractivity contribution in [2.24, 2.45) is 0 Å². The highest BCUT2D eigenvalue weighted by atomic mass is 32.2. The molecule has 0 bridgehead atoms. The van der Waals surface area contributed by atoms with Crippen LogP contribution in [0.3, 0.4) is 0 Å². The number of nitrogens with zero attached hydrogens (tertiary/aromatic N) is 1. The van der Waals surface area contributed by atoms with Crippen LogP contribution >= 0.6 is 0 Å². The minimum absolute atomic E-state index is 0.0549. The molecule has 0 fully saturated rings. The first kappa shape index (κ1) is 14.8. The maximum absolute atomic E-state index is 12.0. The van der Waals surface area contributed by atoms with Crippen LogP contribution in [0.1, 0.15) is 18.0 Å². The molecule has 0 atom stereocenters. The largest absolute Gasteiger partial charge is 0.447 e. The summed E-state index contributed by atoms with van der Waals surface area (Å²) >= 11 is 0. The van der Waals surface area contributed by atoms with E-state index in [4.69, 9.17) is 4.42 Å². The number of sulfonamides is 1. The Bertz CT molecular complexity index is 619. The van der Waals surface area contributed by atoms with Gasteiger partial charge in [0.1, 0.15) is 11.6 Å². The maximum atomic E-state index is 12.0. The van der Waals surface area contributed by atoms with Gasteiger partial charge in [0, 0.05) is 25.4 Å². The molecule has 110 valence electrons. The fraction of sp³-hybridized carbons (Fsp3) is 0.417. The number of furan rings is 1. The number of hydrogen-bond acceptors (Lipinski definition) is 5. The van der Waals surface area contributed by atoms with Gasteiger partial charge in [-0.2, -0.15) is 0 Å². The molecule has 2 heterocycles. The lowest BCUT2D eigenvalue weighted by atomic mass is 10.3. The van der Waals surface area contributed by atoms with E-state index in [-0.39, 0.29) is 5.09 Å². The molecule has 0 saturated heterocycles. The van der Waals surface area contributed by atoms with Crippen LogP contribution in [0.5, 0.6) is 0 Å². The smallest absolute Gasteiger partial charge is 0.273 e. The van der Waals surface area contributed by atoms with Gasteiger partial charge in [0.2, 0.25) is 5.09 Å². The van der Waals surface area contributed by atoms with Crippen molar-refractivity contribution in [2.45, 2.75) is 24.5 Å². The van der Waals surface area contributed by atoms with Crippen molar-refractivity contribution in [3.05, 3.63) is 36.1 Å². The minimum Gasteiger partial charge on any atom is -0.447 e. The Balaban J connectivity index is 1.83. The molecule has 8 heteroatoms. The van der Waals surface area contributed by atoms with E-state index in [0.717, 1.165) is 5.82 Å². The Morgan fingerprint density at radius 1 is 1.40 bits per heavy atom. The molecule has 3 N–H and O–H groups in total. The van der Waals surface area contributed by atoms with Crippen LogP contribution in [0.25, 0.3) is 0 Å². The van der Waals surface area contributed by atoms with Crippen molar-refractivity contribution < 1.29 is 12.8 Å². The average Bonchev–Trinajstić information content (AvgIpc) is 3.06. The molecule has 0 unspecified atom stereocenters. The number of aromatic nitrogens is 2. The first-order chi connectivity index (χ1) is 9.62. The molecule has 0 radical (unpaired) electrons. The van der Waals surface area contributed by atoms with Crippen LogP contribution < -0.4 is 10.0 Å². The van der Waals surface area contributed by atoms with Gasteiger partial charge in [-0.25, -0.2) is 18.1 Å². The molecule has 2 aromatic heterocycles. The molecule has 20 heavy (non-hydrogen) atoms. The van der Waals surface area contributed by atoms with Crippen LogP contribution in [0.2, 0.25) is 0 Å². The molecule has 0 aliphatic heterocycles. The van der Waals surface area contributed by atoms with Crippen molar-refractivity contribution in [1.29, 1.82) is 0 Å². The van der Waals surface area contributed by atoms with E-state index < -0.39 is 10.0 Å². The third-order valence-electron chi connectivity index (χ3n) is 2.69. The average molecular weight is 298 g/mol. The lowest BCUT2D eigenvalue weighted by Crippen LogP contribution is -2.24. The van der Waals surface area contributed by atoms with Crippen LogP contribution in [-0.4, -0.2) is 32.0 Å². The number of hydrogen-bond donors (Lipinski definition) is 3. The molecule has 0 amide bonds. The summed E-state index contributed by atoms with van der Waals surface area (Å²) in [6, 6.07) is 3.11. The third kappa shape index (κ3) is 3.92. The molecule has 2 rings (SSSR count). The SMILES string of the molecule is CNCc1ccc(S(=O)(=O)NCCCc2ncc[nH]2)o1. The van der Waals surface area contributed by atoms with Crippen molar-refractivity contribution >= 4 is 10.0 Å². The topological polar surface area (TPSA) is 100 Å². The first-order valence-electron chi connectivity index (χ1n) is 6.33. The van der Waals surface area contributed by atoms with Crippen LogP contribution in [0, 0.1) is 0 Å². The molecule has 7 nitrogen and oxygen atoms in total. The second kappa shape index (κ2) is 6.69. The highest BCUT2D eigenvalue weighted by Crippen LogP contribution is 2.13. The van der Waals surface area contributed by atoms with Gasteiger partial charge in [0.25, 0.3) is 10.0 Å². The van der Waals surface area contributed by atoms with Gasteiger partial charge in [-0.1, -0.05) is 0 Å². The van der Waals surface area contributed by atoms with Gasteiger partial charge in [-0.3, -0.25) is 0 Å². The monoisotopic (exact) mass is 298 g/mol. The molecule has 0 aliphatic rings. The van der Waals surface area contributed by atoms with Gasteiger partial charge < -0.3 is 14.7 Å².